The van der Waals surface area contributed by atoms with E-state index in [9.17, 15) is 4.79 Å². The number of aromatic nitrogens is 1. The van der Waals surface area contributed by atoms with Crippen LogP contribution in [0.15, 0.2) is 77.6 Å². The number of carbonyl (C=O) groups is 1. The average Bonchev–Trinajstić information content (AvgIpc) is 3.14. The smallest absolute Gasteiger partial charge is 0.276 e. The third-order valence-electron chi connectivity index (χ3n) is 4.15. The van der Waals surface area contributed by atoms with Gasteiger partial charge in [-0.05, 0) is 12.1 Å². The number of para-hydroxylation sites is 2. The maximum absolute atomic E-state index is 12.0. The van der Waals surface area contributed by atoms with Crippen LogP contribution in [-0.4, -0.2) is 22.4 Å². The van der Waals surface area contributed by atoms with Crippen LogP contribution in [0.1, 0.15) is 11.1 Å². The number of benzene rings is 2. The Bertz CT molecular complexity index is 1040. The van der Waals surface area contributed by atoms with E-state index in [2.05, 4.69) is 32.7 Å². The summed E-state index contributed by atoms with van der Waals surface area (Å²) in [5.41, 5.74) is 3.94. The standard InChI is InChI=1S/C20H16N4O/c1-2-11-24-13-14(15-7-4-6-10-18(15)24)12-21-23-19-16-8-3-5-9-17(16)22-20(19)25/h2-10,12-13H,1,11H2,(H,22,23,25)/b21-12-. The Morgan fingerprint density at radius 3 is 2.80 bits per heavy atom. The van der Waals surface area contributed by atoms with Crippen molar-refractivity contribution in [1.29, 1.82) is 0 Å². The van der Waals surface area contributed by atoms with Gasteiger partial charge < -0.3 is 9.88 Å². The molecule has 2 aromatic carbocycles. The normalized spacial score (nSPS) is 15.0. The van der Waals surface area contributed by atoms with Gasteiger partial charge >= 0.3 is 0 Å². The van der Waals surface area contributed by atoms with Gasteiger partial charge in [-0.3, -0.25) is 4.79 Å². The molecule has 0 atom stereocenters. The molecule has 0 unspecified atom stereocenters. The molecule has 2 heterocycles. The molecule has 1 aliphatic heterocycles. The highest BCUT2D eigenvalue weighted by molar-refractivity contribution is 6.53. The van der Waals surface area contributed by atoms with Crippen molar-refractivity contribution in [3.05, 3.63) is 78.5 Å². The van der Waals surface area contributed by atoms with E-state index in [1.807, 2.05) is 54.7 Å². The molecule has 0 aliphatic carbocycles. The fourth-order valence-electron chi connectivity index (χ4n) is 3.02. The summed E-state index contributed by atoms with van der Waals surface area (Å²) in [7, 11) is 0. The van der Waals surface area contributed by atoms with Crippen LogP contribution in [0.2, 0.25) is 0 Å². The number of hydrogen-bond acceptors (Lipinski definition) is 3. The van der Waals surface area contributed by atoms with Crippen LogP contribution in [0.5, 0.6) is 0 Å². The number of hydrogen-bond donors (Lipinski definition) is 1. The van der Waals surface area contributed by atoms with E-state index in [-0.39, 0.29) is 5.91 Å². The molecule has 0 bridgehead atoms. The predicted molar refractivity (Wildman–Crippen MR) is 101 cm³/mol. The van der Waals surface area contributed by atoms with Crippen molar-refractivity contribution < 1.29 is 4.79 Å². The summed E-state index contributed by atoms with van der Waals surface area (Å²) in [5.74, 6) is -0.229. The van der Waals surface area contributed by atoms with Crippen LogP contribution >= 0.6 is 0 Å². The second-order valence-corrected chi connectivity index (χ2v) is 5.74. The third kappa shape index (κ3) is 2.65. The summed E-state index contributed by atoms with van der Waals surface area (Å²) in [4.78, 5) is 12.0. The minimum Gasteiger partial charge on any atom is -0.343 e. The van der Waals surface area contributed by atoms with Crippen molar-refractivity contribution in [2.45, 2.75) is 6.54 Å². The van der Waals surface area contributed by atoms with Crippen molar-refractivity contribution in [3.63, 3.8) is 0 Å². The molecular weight excluding hydrogens is 312 g/mol. The van der Waals surface area contributed by atoms with E-state index >= 15 is 0 Å². The van der Waals surface area contributed by atoms with Crippen LogP contribution < -0.4 is 5.32 Å². The van der Waals surface area contributed by atoms with Crippen molar-refractivity contribution in [2.75, 3.05) is 5.32 Å². The second-order valence-electron chi connectivity index (χ2n) is 5.74. The number of anilines is 1. The molecule has 3 aromatic rings. The van der Waals surface area contributed by atoms with E-state index in [4.69, 9.17) is 0 Å². The summed E-state index contributed by atoms with van der Waals surface area (Å²) in [6, 6.07) is 15.6. The minimum atomic E-state index is -0.229. The molecule has 4 rings (SSSR count). The van der Waals surface area contributed by atoms with Crippen molar-refractivity contribution >= 4 is 34.4 Å². The van der Waals surface area contributed by atoms with E-state index in [0.29, 0.717) is 5.71 Å². The lowest BCUT2D eigenvalue weighted by Gasteiger charge is -1.98. The number of allylic oxidation sites excluding steroid dienone is 1. The number of nitrogens with one attached hydrogen (secondary N) is 1. The van der Waals surface area contributed by atoms with Gasteiger partial charge in [-0.2, -0.15) is 5.10 Å². The van der Waals surface area contributed by atoms with Crippen LogP contribution in [0.3, 0.4) is 0 Å². The molecule has 1 aliphatic rings. The minimum absolute atomic E-state index is 0.229. The second kappa shape index (κ2) is 6.20. The van der Waals surface area contributed by atoms with Gasteiger partial charge in [0.25, 0.3) is 5.91 Å². The number of fused-ring (bicyclic) bond motifs is 2. The van der Waals surface area contributed by atoms with Gasteiger partial charge in [0.05, 0.1) is 11.9 Å². The molecular formula is C20H16N4O. The summed E-state index contributed by atoms with van der Waals surface area (Å²) in [5, 5.41) is 12.2. The zero-order valence-electron chi connectivity index (χ0n) is 13.5. The monoisotopic (exact) mass is 328 g/mol. The molecule has 5 nitrogen and oxygen atoms in total. The Morgan fingerprint density at radius 2 is 1.92 bits per heavy atom. The van der Waals surface area contributed by atoms with E-state index in [0.717, 1.165) is 34.3 Å². The number of nitrogens with zero attached hydrogens (tertiary/aromatic N) is 3. The SMILES string of the molecule is C=CCn1cc(/C=N\N=C2\C(=O)Nc3ccccc32)c2ccccc21. The fourth-order valence-corrected chi connectivity index (χ4v) is 3.02. The Labute approximate surface area is 145 Å². The van der Waals surface area contributed by atoms with Crippen LogP contribution in [-0.2, 0) is 11.3 Å². The van der Waals surface area contributed by atoms with Crippen LogP contribution in [0, 0.1) is 0 Å². The zero-order valence-corrected chi connectivity index (χ0v) is 13.5. The summed E-state index contributed by atoms with van der Waals surface area (Å²) in [6.07, 6.45) is 5.55. The molecule has 5 heteroatoms. The Kier molecular flexibility index (Phi) is 3.74. The first-order valence-electron chi connectivity index (χ1n) is 7.98. The fraction of sp³-hybridized carbons (Fsp3) is 0.0500. The highest BCUT2D eigenvalue weighted by Crippen LogP contribution is 2.23. The topological polar surface area (TPSA) is 58.8 Å². The number of amides is 1. The average molecular weight is 328 g/mol. The maximum Gasteiger partial charge on any atom is 0.276 e. The van der Waals surface area contributed by atoms with Gasteiger partial charge in [0.15, 0.2) is 5.71 Å². The summed E-state index contributed by atoms with van der Waals surface area (Å²) < 4.78 is 2.11. The van der Waals surface area contributed by atoms with E-state index < -0.39 is 0 Å². The molecule has 0 saturated carbocycles. The van der Waals surface area contributed by atoms with Gasteiger partial charge in [0.2, 0.25) is 0 Å². The lowest BCUT2D eigenvalue weighted by molar-refractivity contribution is -0.110. The molecule has 1 amide bonds. The molecule has 25 heavy (non-hydrogen) atoms. The molecule has 0 fully saturated rings. The zero-order chi connectivity index (χ0) is 17.2. The van der Waals surface area contributed by atoms with Crippen LogP contribution in [0.25, 0.3) is 10.9 Å². The van der Waals surface area contributed by atoms with E-state index in [1.165, 1.54) is 0 Å². The Balaban J connectivity index is 1.70. The molecule has 0 radical (unpaired) electrons. The molecule has 122 valence electrons. The highest BCUT2D eigenvalue weighted by Gasteiger charge is 2.25. The van der Waals surface area contributed by atoms with E-state index in [1.54, 1.807) is 6.21 Å². The summed E-state index contributed by atoms with van der Waals surface area (Å²) >= 11 is 0. The predicted octanol–water partition coefficient (Wildman–Crippen LogP) is 3.60. The molecule has 0 spiro atoms. The third-order valence-corrected chi connectivity index (χ3v) is 4.15. The lowest BCUT2D eigenvalue weighted by Crippen LogP contribution is -2.13. The van der Waals surface area contributed by atoms with Crippen molar-refractivity contribution in [3.8, 4) is 0 Å². The Morgan fingerprint density at radius 1 is 1.12 bits per heavy atom. The van der Waals surface area contributed by atoms with Gasteiger partial charge in [-0.25, -0.2) is 0 Å². The highest BCUT2D eigenvalue weighted by atomic mass is 16.2. The van der Waals surface area contributed by atoms with Crippen molar-refractivity contribution in [1.82, 2.24) is 4.57 Å². The maximum atomic E-state index is 12.0. The molecule has 1 aromatic heterocycles. The number of rotatable bonds is 4. The van der Waals surface area contributed by atoms with Gasteiger partial charge in [0, 0.05) is 34.8 Å². The number of carbonyl (C=O) groups excluding carboxylic acids is 1. The van der Waals surface area contributed by atoms with Gasteiger partial charge in [0.1, 0.15) is 0 Å². The van der Waals surface area contributed by atoms with Gasteiger partial charge in [-0.15, -0.1) is 11.7 Å². The van der Waals surface area contributed by atoms with Crippen LogP contribution in [0.4, 0.5) is 5.69 Å². The van der Waals surface area contributed by atoms with Crippen molar-refractivity contribution in [2.24, 2.45) is 10.2 Å². The molecule has 0 saturated heterocycles. The first kappa shape index (κ1) is 15.1. The molecule has 1 N–H and O–H groups in total. The largest absolute Gasteiger partial charge is 0.343 e. The lowest BCUT2D eigenvalue weighted by atomic mass is 10.1. The Hall–Kier alpha value is -3.47. The van der Waals surface area contributed by atoms with Gasteiger partial charge in [-0.1, -0.05) is 42.5 Å². The quantitative estimate of drug-likeness (QED) is 0.444. The first-order chi connectivity index (χ1) is 12.3. The summed E-state index contributed by atoms with van der Waals surface area (Å²) in [6.45, 7) is 4.52. The first-order valence-corrected chi connectivity index (χ1v) is 7.98.